The predicted molar refractivity (Wildman–Crippen MR) is 137 cm³/mol. The van der Waals surface area contributed by atoms with Gasteiger partial charge in [-0.1, -0.05) is 37.3 Å². The molecule has 1 aromatic heterocycles. The van der Waals surface area contributed by atoms with Gasteiger partial charge in [-0.25, -0.2) is 0 Å². The number of ether oxygens (including phenoxy) is 1. The Labute approximate surface area is 209 Å². The molecule has 1 atom stereocenters. The Kier molecular flexibility index (Phi) is 8.55. The first kappa shape index (κ1) is 26.0. The Bertz CT molecular complexity index is 1140. The van der Waals surface area contributed by atoms with Crippen molar-refractivity contribution in [3.63, 3.8) is 0 Å². The number of rotatable bonds is 7. The number of hydrogen-bond acceptors (Lipinski definition) is 8. The molecule has 0 radical (unpaired) electrons. The highest BCUT2D eigenvalue weighted by Crippen LogP contribution is 2.36. The Morgan fingerprint density at radius 2 is 2.09 bits per heavy atom. The normalized spacial score (nSPS) is 19.6. The van der Waals surface area contributed by atoms with Crippen molar-refractivity contribution < 1.29 is 14.3 Å². The number of thiocarbonyl (C=S) groups is 1. The summed E-state index contributed by atoms with van der Waals surface area (Å²) in [5.74, 6) is -0.126. The highest BCUT2D eigenvalue weighted by atomic mass is 32.2. The molecule has 2 aliphatic heterocycles. The number of piperidine rings is 1. The molecule has 0 bridgehead atoms. The van der Waals surface area contributed by atoms with Crippen LogP contribution in [0.5, 0.6) is 0 Å². The molecule has 0 spiro atoms. The van der Waals surface area contributed by atoms with Crippen molar-refractivity contribution in [1.82, 2.24) is 9.47 Å². The topological polar surface area (TPSA) is 95.6 Å². The second kappa shape index (κ2) is 11.2. The quantitative estimate of drug-likeness (QED) is 0.318. The number of thioether (sulfide) groups is 1. The van der Waals surface area contributed by atoms with Crippen LogP contribution in [0.1, 0.15) is 56.2 Å². The first-order chi connectivity index (χ1) is 16.2. The molecule has 0 aromatic carbocycles. The number of unbranched alkanes of at least 4 members (excludes halogenated alkanes) is 1. The Morgan fingerprint density at radius 3 is 2.74 bits per heavy atom. The summed E-state index contributed by atoms with van der Waals surface area (Å²) in [4.78, 5) is 42.5. The molecule has 2 saturated heterocycles. The number of carbonyl (C=O) groups excluding carboxylic acids is 2. The number of nitriles is 1. The molecule has 0 saturated carbocycles. The van der Waals surface area contributed by atoms with Crippen LogP contribution in [0.2, 0.25) is 0 Å². The molecule has 1 unspecified atom stereocenters. The number of pyridine rings is 1. The number of amides is 1. The van der Waals surface area contributed by atoms with Gasteiger partial charge in [-0.3, -0.25) is 23.9 Å². The Morgan fingerprint density at radius 1 is 1.35 bits per heavy atom. The lowest BCUT2D eigenvalue weighted by molar-refractivity contribution is -0.148. The summed E-state index contributed by atoms with van der Waals surface area (Å²) in [6.45, 7) is 7.48. The van der Waals surface area contributed by atoms with Crippen LogP contribution in [0.15, 0.2) is 9.70 Å². The number of anilines is 1. The van der Waals surface area contributed by atoms with Crippen LogP contribution in [0.25, 0.3) is 6.08 Å². The van der Waals surface area contributed by atoms with E-state index in [4.69, 9.17) is 17.0 Å². The van der Waals surface area contributed by atoms with Crippen LogP contribution in [0, 0.1) is 24.2 Å². The van der Waals surface area contributed by atoms with Gasteiger partial charge >= 0.3 is 5.97 Å². The molecule has 2 aliphatic rings. The van der Waals surface area contributed by atoms with Gasteiger partial charge in [0.2, 0.25) is 0 Å². The zero-order valence-corrected chi connectivity index (χ0v) is 21.7. The zero-order valence-electron chi connectivity index (χ0n) is 20.0. The third kappa shape index (κ3) is 5.05. The van der Waals surface area contributed by atoms with Gasteiger partial charge in [0, 0.05) is 32.2 Å². The number of carbonyl (C=O) groups is 2. The van der Waals surface area contributed by atoms with Crippen LogP contribution in [-0.2, 0) is 21.4 Å². The molecule has 1 aromatic rings. The van der Waals surface area contributed by atoms with Crippen molar-refractivity contribution in [2.75, 3.05) is 31.1 Å². The number of hydrogen-bond donors (Lipinski definition) is 0. The van der Waals surface area contributed by atoms with Gasteiger partial charge in [0.1, 0.15) is 21.8 Å². The maximum absolute atomic E-state index is 13.1. The van der Waals surface area contributed by atoms with E-state index in [9.17, 15) is 19.6 Å². The van der Waals surface area contributed by atoms with Gasteiger partial charge in [-0.05, 0) is 44.7 Å². The molecule has 3 heterocycles. The summed E-state index contributed by atoms with van der Waals surface area (Å²) in [6.07, 6.45) is 5.01. The molecule has 0 N–H and O–H groups in total. The molecule has 0 aliphatic carbocycles. The summed E-state index contributed by atoms with van der Waals surface area (Å²) < 4.78 is 7.19. The molecule has 2 fully saturated rings. The molecule has 182 valence electrons. The number of nitrogens with zero attached hydrogens (tertiary/aromatic N) is 4. The standard InChI is InChI=1S/C24H30N4O4S2/c1-5-7-11-28-22(30)19(34-24(28)33)12-17-15(3)18(13-25)21(29)26(4)20(17)27-10-8-9-16(14-27)23(31)32-6-2/h12,16H,5-11,14H2,1-4H3/b19-12+. The zero-order chi connectivity index (χ0) is 25.0. The minimum Gasteiger partial charge on any atom is -0.466 e. The van der Waals surface area contributed by atoms with Gasteiger partial charge < -0.3 is 9.64 Å². The van der Waals surface area contributed by atoms with E-state index in [0.717, 1.165) is 19.3 Å². The first-order valence-electron chi connectivity index (χ1n) is 11.6. The maximum atomic E-state index is 13.1. The van der Waals surface area contributed by atoms with Crippen molar-refractivity contribution in [3.8, 4) is 6.07 Å². The van der Waals surface area contributed by atoms with Crippen molar-refractivity contribution in [3.05, 3.63) is 31.9 Å². The van der Waals surface area contributed by atoms with Crippen molar-refractivity contribution in [2.45, 2.75) is 46.5 Å². The minimum absolute atomic E-state index is 0.0397. The van der Waals surface area contributed by atoms with Crippen LogP contribution in [0.4, 0.5) is 5.82 Å². The molecular formula is C24H30N4O4S2. The SMILES string of the molecule is CCCCN1C(=O)/C(=C\c2c(C)c(C#N)c(=O)n(C)c2N2CCCC(C(=O)OCC)C2)SC1=S. The van der Waals surface area contributed by atoms with E-state index in [1.807, 2.05) is 11.0 Å². The van der Waals surface area contributed by atoms with E-state index >= 15 is 0 Å². The van der Waals surface area contributed by atoms with Gasteiger partial charge in [0.25, 0.3) is 11.5 Å². The lowest BCUT2D eigenvalue weighted by atomic mass is 9.96. The van der Waals surface area contributed by atoms with Crippen molar-refractivity contribution >= 4 is 52.1 Å². The summed E-state index contributed by atoms with van der Waals surface area (Å²) in [5, 5.41) is 9.66. The monoisotopic (exact) mass is 502 g/mol. The van der Waals surface area contributed by atoms with Crippen LogP contribution in [-0.4, -0.2) is 51.9 Å². The average Bonchev–Trinajstić information content (AvgIpc) is 3.09. The molecular weight excluding hydrogens is 472 g/mol. The van der Waals surface area contributed by atoms with Gasteiger partial charge in [0.15, 0.2) is 0 Å². The van der Waals surface area contributed by atoms with E-state index in [-0.39, 0.29) is 23.4 Å². The van der Waals surface area contributed by atoms with Crippen LogP contribution < -0.4 is 10.5 Å². The van der Waals surface area contributed by atoms with Crippen LogP contribution >= 0.6 is 24.0 Å². The third-order valence-corrected chi connectivity index (χ3v) is 7.57. The first-order valence-corrected chi connectivity index (χ1v) is 12.8. The average molecular weight is 503 g/mol. The van der Waals surface area contributed by atoms with Crippen molar-refractivity contribution in [1.29, 1.82) is 5.26 Å². The summed E-state index contributed by atoms with van der Waals surface area (Å²) in [5.41, 5.74) is 0.774. The fourth-order valence-electron chi connectivity index (χ4n) is 4.36. The van der Waals surface area contributed by atoms with Crippen LogP contribution in [0.3, 0.4) is 0 Å². The van der Waals surface area contributed by atoms with E-state index in [2.05, 4.69) is 6.92 Å². The number of esters is 1. The summed E-state index contributed by atoms with van der Waals surface area (Å²) in [6, 6.07) is 2.02. The second-order valence-electron chi connectivity index (χ2n) is 8.44. The van der Waals surface area contributed by atoms with Crippen molar-refractivity contribution in [2.24, 2.45) is 13.0 Å². The van der Waals surface area contributed by atoms with E-state index in [0.29, 0.717) is 58.8 Å². The van der Waals surface area contributed by atoms with Gasteiger partial charge in [-0.15, -0.1) is 0 Å². The summed E-state index contributed by atoms with van der Waals surface area (Å²) in [7, 11) is 1.62. The maximum Gasteiger partial charge on any atom is 0.310 e. The second-order valence-corrected chi connectivity index (χ2v) is 10.1. The molecule has 34 heavy (non-hydrogen) atoms. The highest BCUT2D eigenvalue weighted by Gasteiger charge is 2.34. The van der Waals surface area contributed by atoms with E-state index in [1.165, 1.54) is 16.3 Å². The smallest absolute Gasteiger partial charge is 0.310 e. The lowest BCUT2D eigenvalue weighted by Crippen LogP contribution is -2.42. The third-order valence-electron chi connectivity index (χ3n) is 6.19. The fraction of sp³-hybridized carbons (Fsp3) is 0.542. The number of aromatic nitrogens is 1. The molecule has 8 nitrogen and oxygen atoms in total. The molecule has 3 rings (SSSR count). The Balaban J connectivity index is 2.10. The minimum atomic E-state index is -0.402. The largest absolute Gasteiger partial charge is 0.466 e. The van der Waals surface area contributed by atoms with E-state index < -0.39 is 5.56 Å². The lowest BCUT2D eigenvalue weighted by Gasteiger charge is -2.35. The Hall–Kier alpha value is -2.64. The van der Waals surface area contributed by atoms with Gasteiger partial charge in [-0.2, -0.15) is 5.26 Å². The van der Waals surface area contributed by atoms with Gasteiger partial charge in [0.05, 0.1) is 17.4 Å². The summed E-state index contributed by atoms with van der Waals surface area (Å²) >= 11 is 6.67. The highest BCUT2D eigenvalue weighted by molar-refractivity contribution is 8.26. The predicted octanol–water partition coefficient (Wildman–Crippen LogP) is 3.35. The molecule has 1 amide bonds. The molecule has 10 heteroatoms. The van der Waals surface area contributed by atoms with E-state index in [1.54, 1.807) is 31.9 Å². The fourth-order valence-corrected chi connectivity index (χ4v) is 5.65.